The number of halogens is 1. The number of hydrogen-bond donors (Lipinski definition) is 0. The van der Waals surface area contributed by atoms with Crippen LogP contribution in [0.2, 0.25) is 0 Å². The highest BCUT2D eigenvalue weighted by atomic mass is 32.2. The van der Waals surface area contributed by atoms with Crippen LogP contribution in [-0.2, 0) is 27.6 Å². The molecule has 0 amide bonds. The van der Waals surface area contributed by atoms with E-state index in [1.54, 1.807) is 0 Å². The minimum Gasteiger partial charge on any atom is -0.378 e. The van der Waals surface area contributed by atoms with Gasteiger partial charge < -0.3 is 9.64 Å². The zero-order valence-electron chi connectivity index (χ0n) is 15.8. The van der Waals surface area contributed by atoms with Crippen LogP contribution in [0.15, 0.2) is 29.2 Å². The van der Waals surface area contributed by atoms with Gasteiger partial charge >= 0.3 is 0 Å². The van der Waals surface area contributed by atoms with E-state index < -0.39 is 15.8 Å². The Bertz CT molecular complexity index is 977. The van der Waals surface area contributed by atoms with Gasteiger partial charge in [-0.3, -0.25) is 0 Å². The van der Waals surface area contributed by atoms with Crippen molar-refractivity contribution < 1.29 is 17.5 Å². The third-order valence-corrected chi connectivity index (χ3v) is 7.12. The first-order valence-corrected chi connectivity index (χ1v) is 10.8. The van der Waals surface area contributed by atoms with E-state index in [-0.39, 0.29) is 4.90 Å². The van der Waals surface area contributed by atoms with E-state index in [4.69, 9.17) is 9.72 Å². The fourth-order valence-corrected chi connectivity index (χ4v) is 5.15. The summed E-state index contributed by atoms with van der Waals surface area (Å²) in [6, 6.07) is 5.15. The van der Waals surface area contributed by atoms with Crippen LogP contribution < -0.4 is 4.90 Å². The van der Waals surface area contributed by atoms with Crippen LogP contribution in [0.5, 0.6) is 0 Å². The molecular weight excluding hydrogens is 383 g/mol. The van der Waals surface area contributed by atoms with Crippen LogP contribution in [0.3, 0.4) is 0 Å². The number of aromatic nitrogens is 2. The Kier molecular flexibility index (Phi) is 5.31. The van der Waals surface area contributed by atoms with Crippen LogP contribution in [0.25, 0.3) is 0 Å². The largest absolute Gasteiger partial charge is 0.378 e. The van der Waals surface area contributed by atoms with Crippen molar-refractivity contribution in [1.82, 2.24) is 14.3 Å². The predicted octanol–water partition coefficient (Wildman–Crippen LogP) is 1.55. The molecule has 7 nitrogen and oxygen atoms in total. The molecule has 2 aliphatic heterocycles. The monoisotopic (exact) mass is 406 g/mol. The molecule has 4 rings (SSSR count). The zero-order chi connectivity index (χ0) is 19.7. The summed E-state index contributed by atoms with van der Waals surface area (Å²) in [5.74, 6) is 0.122. The highest BCUT2D eigenvalue weighted by Crippen LogP contribution is 2.24. The number of fused-ring (bicyclic) bond motifs is 1. The maximum atomic E-state index is 13.5. The number of morpholine rings is 1. The lowest BCUT2D eigenvalue weighted by atomic mass is 10.1. The lowest BCUT2D eigenvalue weighted by Crippen LogP contribution is -2.37. The molecule has 0 saturated carbocycles. The Morgan fingerprint density at radius 2 is 1.82 bits per heavy atom. The Hall–Kier alpha value is -2.10. The normalized spacial score (nSPS) is 18.6. The summed E-state index contributed by atoms with van der Waals surface area (Å²) < 4.78 is 46.2. The van der Waals surface area contributed by atoms with Gasteiger partial charge in [-0.15, -0.1) is 0 Å². The van der Waals surface area contributed by atoms with Crippen LogP contribution in [-0.4, -0.2) is 62.1 Å². The van der Waals surface area contributed by atoms with Crippen molar-refractivity contribution in [2.24, 2.45) is 0 Å². The summed E-state index contributed by atoms with van der Waals surface area (Å²) in [6.07, 6.45) is 1.05. The minimum absolute atomic E-state index is 0.0183. The van der Waals surface area contributed by atoms with Gasteiger partial charge in [-0.05, 0) is 37.1 Å². The topological polar surface area (TPSA) is 75.6 Å². The van der Waals surface area contributed by atoms with Crippen LogP contribution in [0.4, 0.5) is 10.3 Å². The number of ether oxygens (including phenoxy) is 1. The van der Waals surface area contributed by atoms with E-state index in [1.165, 1.54) is 22.5 Å². The van der Waals surface area contributed by atoms with Crippen LogP contribution >= 0.6 is 0 Å². The van der Waals surface area contributed by atoms with E-state index in [0.29, 0.717) is 45.1 Å². The molecule has 0 radical (unpaired) electrons. The van der Waals surface area contributed by atoms with Crippen molar-refractivity contribution in [2.45, 2.75) is 24.7 Å². The third kappa shape index (κ3) is 3.74. The molecule has 0 N–H and O–H groups in total. The van der Waals surface area contributed by atoms with Crippen molar-refractivity contribution in [3.8, 4) is 0 Å². The van der Waals surface area contributed by atoms with Crippen molar-refractivity contribution in [1.29, 1.82) is 0 Å². The standard InChI is InChI=1S/C19H23FN4O3S/c1-14-17-5-7-24(28(25,26)16-4-2-3-15(20)13-16)8-6-18(17)22-19(21-14)23-9-11-27-12-10-23/h2-4,13H,5-12H2,1H3. The second-order valence-corrected chi connectivity index (χ2v) is 8.93. The molecule has 0 atom stereocenters. The highest BCUT2D eigenvalue weighted by molar-refractivity contribution is 7.89. The maximum Gasteiger partial charge on any atom is 0.243 e. The van der Waals surface area contributed by atoms with Gasteiger partial charge in [0.1, 0.15) is 5.82 Å². The molecule has 2 aromatic rings. The fourth-order valence-electron chi connectivity index (χ4n) is 3.67. The first-order chi connectivity index (χ1) is 13.4. The third-order valence-electron chi connectivity index (χ3n) is 5.22. The van der Waals surface area contributed by atoms with Gasteiger partial charge in [0.15, 0.2) is 0 Å². The molecule has 28 heavy (non-hydrogen) atoms. The number of rotatable bonds is 3. The summed E-state index contributed by atoms with van der Waals surface area (Å²) in [5, 5.41) is 0. The number of anilines is 1. The highest BCUT2D eigenvalue weighted by Gasteiger charge is 2.29. The number of hydrogen-bond acceptors (Lipinski definition) is 6. The molecule has 150 valence electrons. The van der Waals surface area contributed by atoms with Gasteiger partial charge in [0.2, 0.25) is 16.0 Å². The molecule has 0 bridgehead atoms. The van der Waals surface area contributed by atoms with Gasteiger partial charge in [0, 0.05) is 38.3 Å². The molecule has 1 aromatic heterocycles. The second-order valence-electron chi connectivity index (χ2n) is 7.00. The maximum absolute atomic E-state index is 13.5. The zero-order valence-corrected chi connectivity index (χ0v) is 16.6. The van der Waals surface area contributed by atoms with E-state index in [1.807, 2.05) is 6.92 Å². The first kappa shape index (κ1) is 19.2. The summed E-state index contributed by atoms with van der Waals surface area (Å²) in [4.78, 5) is 11.5. The van der Waals surface area contributed by atoms with Crippen molar-refractivity contribution >= 4 is 16.0 Å². The second kappa shape index (κ2) is 7.73. The number of nitrogens with zero attached hydrogens (tertiary/aromatic N) is 4. The number of benzene rings is 1. The summed E-state index contributed by atoms with van der Waals surface area (Å²) in [7, 11) is -3.75. The van der Waals surface area contributed by atoms with Gasteiger partial charge in [-0.1, -0.05) is 6.07 Å². The lowest BCUT2D eigenvalue weighted by Gasteiger charge is -2.27. The summed E-state index contributed by atoms with van der Waals surface area (Å²) >= 11 is 0. The van der Waals surface area contributed by atoms with Crippen LogP contribution in [0, 0.1) is 12.7 Å². The number of aryl methyl sites for hydroxylation is 1. The molecule has 1 saturated heterocycles. The molecular formula is C19H23FN4O3S. The molecule has 1 aromatic carbocycles. The van der Waals surface area contributed by atoms with Crippen LogP contribution in [0.1, 0.15) is 17.0 Å². The van der Waals surface area contributed by atoms with E-state index >= 15 is 0 Å². The Morgan fingerprint density at radius 1 is 1.07 bits per heavy atom. The molecule has 1 fully saturated rings. The molecule has 0 spiro atoms. The first-order valence-electron chi connectivity index (χ1n) is 9.40. The molecule has 0 aliphatic carbocycles. The van der Waals surface area contributed by atoms with Crippen molar-refractivity contribution in [3.05, 3.63) is 47.0 Å². The van der Waals surface area contributed by atoms with E-state index in [9.17, 15) is 12.8 Å². The Labute approximate surface area is 164 Å². The number of sulfonamides is 1. The van der Waals surface area contributed by atoms with Gasteiger partial charge in [-0.2, -0.15) is 4.31 Å². The summed E-state index contributed by atoms with van der Waals surface area (Å²) in [6.45, 7) is 5.38. The van der Waals surface area contributed by atoms with Crippen molar-refractivity contribution in [3.63, 3.8) is 0 Å². The Morgan fingerprint density at radius 3 is 2.57 bits per heavy atom. The fraction of sp³-hybridized carbons (Fsp3) is 0.474. The van der Waals surface area contributed by atoms with Gasteiger partial charge in [-0.25, -0.2) is 22.8 Å². The Balaban J connectivity index is 1.59. The predicted molar refractivity (Wildman–Crippen MR) is 102 cm³/mol. The van der Waals surface area contributed by atoms with Gasteiger partial charge in [0.05, 0.1) is 23.8 Å². The average molecular weight is 406 g/mol. The van der Waals surface area contributed by atoms with Crippen molar-refractivity contribution in [2.75, 3.05) is 44.3 Å². The molecule has 3 heterocycles. The van der Waals surface area contributed by atoms with E-state index in [2.05, 4.69) is 9.88 Å². The quantitative estimate of drug-likeness (QED) is 0.770. The molecule has 0 unspecified atom stereocenters. The lowest BCUT2D eigenvalue weighted by molar-refractivity contribution is 0.122. The molecule has 2 aliphatic rings. The minimum atomic E-state index is -3.75. The smallest absolute Gasteiger partial charge is 0.243 e. The van der Waals surface area contributed by atoms with Gasteiger partial charge in [0.25, 0.3) is 0 Å². The van der Waals surface area contributed by atoms with E-state index in [0.717, 1.165) is 36.1 Å². The average Bonchev–Trinajstić information content (AvgIpc) is 2.92. The molecule has 9 heteroatoms. The SMILES string of the molecule is Cc1nc(N2CCOCC2)nc2c1CCN(S(=O)(=O)c1cccc(F)c1)CC2. The summed E-state index contributed by atoms with van der Waals surface area (Å²) in [5.41, 5.74) is 2.79.